The van der Waals surface area contributed by atoms with Gasteiger partial charge in [0, 0.05) is 37.1 Å². The Hall–Kier alpha value is -1.89. The molecule has 2 aromatic heterocycles. The fraction of sp³-hybridized carbons (Fsp3) is 0.294. The van der Waals surface area contributed by atoms with Gasteiger partial charge in [-0.2, -0.15) is 5.10 Å². The quantitative estimate of drug-likeness (QED) is 0.757. The molecule has 0 aliphatic heterocycles. The van der Waals surface area contributed by atoms with Crippen molar-refractivity contribution in [3.63, 3.8) is 0 Å². The Morgan fingerprint density at radius 2 is 2.17 bits per heavy atom. The van der Waals surface area contributed by atoms with Crippen LogP contribution in [-0.2, 0) is 18.4 Å². The average molecular weight is 365 g/mol. The molecular formula is C17H21ClN4OS. The summed E-state index contributed by atoms with van der Waals surface area (Å²) in [6.45, 7) is 0.599. The first kappa shape index (κ1) is 18.4. The van der Waals surface area contributed by atoms with Crippen molar-refractivity contribution < 1.29 is 4.79 Å². The number of fused-ring (bicyclic) bond motifs is 1. The molecule has 0 saturated heterocycles. The largest absolute Gasteiger partial charge is 0.340 e. The fourth-order valence-electron chi connectivity index (χ4n) is 2.73. The van der Waals surface area contributed by atoms with Gasteiger partial charge in [-0.3, -0.25) is 9.48 Å². The fourth-order valence-corrected chi connectivity index (χ4v) is 3.68. The molecule has 24 heavy (non-hydrogen) atoms. The van der Waals surface area contributed by atoms with Gasteiger partial charge in [0.1, 0.15) is 6.04 Å². The molecule has 0 fully saturated rings. The number of carbonyl (C=O) groups excluding carboxylic acids is 1. The van der Waals surface area contributed by atoms with E-state index in [4.69, 9.17) is 0 Å². The van der Waals surface area contributed by atoms with Gasteiger partial charge in [0.2, 0.25) is 5.91 Å². The lowest BCUT2D eigenvalue weighted by atomic mass is 10.1. The molecule has 128 valence electrons. The van der Waals surface area contributed by atoms with Gasteiger partial charge < -0.3 is 10.2 Å². The second-order valence-electron chi connectivity index (χ2n) is 5.62. The number of hydrogen-bond acceptors (Lipinski definition) is 4. The maximum Gasteiger partial charge on any atom is 0.244 e. The summed E-state index contributed by atoms with van der Waals surface area (Å²) in [6, 6.07) is 7.91. The SMILES string of the molecule is CNC(C(=O)N(C)Cc1csc2ccccc12)c1cnn(C)c1.Cl. The molecule has 0 aliphatic rings. The van der Waals surface area contributed by atoms with Crippen LogP contribution in [0.1, 0.15) is 17.2 Å². The Morgan fingerprint density at radius 3 is 2.83 bits per heavy atom. The van der Waals surface area contributed by atoms with Crippen molar-refractivity contribution >= 4 is 39.7 Å². The number of aromatic nitrogens is 2. The van der Waals surface area contributed by atoms with E-state index < -0.39 is 0 Å². The normalized spacial score (nSPS) is 12.0. The zero-order valence-electron chi connectivity index (χ0n) is 13.9. The predicted octanol–water partition coefficient (Wildman–Crippen LogP) is 2.98. The molecule has 1 amide bonds. The smallest absolute Gasteiger partial charge is 0.244 e. The van der Waals surface area contributed by atoms with E-state index >= 15 is 0 Å². The summed E-state index contributed by atoms with van der Waals surface area (Å²) in [5.74, 6) is 0.0378. The number of amides is 1. The molecule has 1 N–H and O–H groups in total. The van der Waals surface area contributed by atoms with E-state index in [0.29, 0.717) is 6.54 Å². The number of nitrogens with one attached hydrogen (secondary N) is 1. The third-order valence-electron chi connectivity index (χ3n) is 3.94. The number of thiophene rings is 1. The van der Waals surface area contributed by atoms with Crippen molar-refractivity contribution in [2.24, 2.45) is 7.05 Å². The molecule has 0 radical (unpaired) electrons. The molecule has 3 rings (SSSR count). The third-order valence-corrected chi connectivity index (χ3v) is 4.95. The van der Waals surface area contributed by atoms with Gasteiger partial charge >= 0.3 is 0 Å². The van der Waals surface area contributed by atoms with Gasteiger partial charge in [-0.15, -0.1) is 23.7 Å². The zero-order chi connectivity index (χ0) is 16.4. The maximum absolute atomic E-state index is 12.8. The molecule has 3 aromatic rings. The summed E-state index contributed by atoms with van der Waals surface area (Å²) in [4.78, 5) is 14.5. The molecule has 0 spiro atoms. The summed E-state index contributed by atoms with van der Waals surface area (Å²) in [5.41, 5.74) is 2.06. The van der Waals surface area contributed by atoms with Crippen LogP contribution in [0, 0.1) is 0 Å². The Bertz CT molecular complexity index is 829. The average Bonchev–Trinajstić information content (AvgIpc) is 3.15. The van der Waals surface area contributed by atoms with Gasteiger partial charge in [0.15, 0.2) is 0 Å². The Labute approximate surface area is 151 Å². The first-order valence-corrected chi connectivity index (χ1v) is 8.34. The van der Waals surface area contributed by atoms with Crippen molar-refractivity contribution in [2.75, 3.05) is 14.1 Å². The standard InChI is InChI=1S/C17H20N4OS.ClH/c1-18-16(12-8-19-21(3)10-12)17(22)20(2)9-13-11-23-15-7-5-4-6-14(13)15;/h4-8,10-11,16,18H,9H2,1-3H3;1H. The minimum atomic E-state index is -0.376. The minimum Gasteiger partial charge on any atom is -0.340 e. The summed E-state index contributed by atoms with van der Waals surface area (Å²) in [6.07, 6.45) is 3.60. The number of aryl methyl sites for hydroxylation is 1. The number of likely N-dealkylation sites (N-methyl/N-ethyl adjacent to an activating group) is 2. The summed E-state index contributed by atoms with van der Waals surface area (Å²) in [7, 11) is 5.49. The Morgan fingerprint density at radius 1 is 1.42 bits per heavy atom. The van der Waals surface area contributed by atoms with Crippen molar-refractivity contribution in [1.29, 1.82) is 0 Å². The van der Waals surface area contributed by atoms with Crippen molar-refractivity contribution in [1.82, 2.24) is 20.0 Å². The highest BCUT2D eigenvalue weighted by atomic mass is 35.5. The second kappa shape index (κ2) is 7.79. The minimum absolute atomic E-state index is 0. The van der Waals surface area contributed by atoms with Gasteiger partial charge in [-0.1, -0.05) is 18.2 Å². The molecule has 1 aromatic carbocycles. The number of rotatable bonds is 5. The lowest BCUT2D eigenvalue weighted by Crippen LogP contribution is -2.37. The van der Waals surface area contributed by atoms with Crippen LogP contribution in [0.3, 0.4) is 0 Å². The number of hydrogen-bond donors (Lipinski definition) is 1. The molecule has 5 nitrogen and oxygen atoms in total. The summed E-state index contributed by atoms with van der Waals surface area (Å²) < 4.78 is 2.96. The zero-order valence-corrected chi connectivity index (χ0v) is 15.5. The van der Waals surface area contributed by atoms with E-state index in [9.17, 15) is 4.79 Å². The van der Waals surface area contributed by atoms with Gasteiger partial charge in [0.05, 0.1) is 6.20 Å². The van der Waals surface area contributed by atoms with Crippen LogP contribution < -0.4 is 5.32 Å². The molecule has 1 unspecified atom stereocenters. The highest BCUT2D eigenvalue weighted by Gasteiger charge is 2.24. The molecule has 7 heteroatoms. The van der Waals surface area contributed by atoms with Crippen LogP contribution in [-0.4, -0.2) is 34.7 Å². The van der Waals surface area contributed by atoms with Crippen molar-refractivity contribution in [2.45, 2.75) is 12.6 Å². The lowest BCUT2D eigenvalue weighted by molar-refractivity contribution is -0.132. The van der Waals surface area contributed by atoms with E-state index in [1.807, 2.05) is 32.4 Å². The number of benzene rings is 1. The molecular weight excluding hydrogens is 344 g/mol. The number of carbonyl (C=O) groups is 1. The molecule has 0 saturated carbocycles. The molecule has 0 aliphatic carbocycles. The summed E-state index contributed by atoms with van der Waals surface area (Å²) in [5, 5.41) is 10.6. The van der Waals surface area contributed by atoms with E-state index in [-0.39, 0.29) is 24.4 Å². The van der Waals surface area contributed by atoms with Crippen LogP contribution in [0.5, 0.6) is 0 Å². The Balaban J connectivity index is 0.00000208. The first-order chi connectivity index (χ1) is 11.1. The van der Waals surface area contributed by atoms with Gasteiger partial charge in [-0.25, -0.2) is 0 Å². The van der Waals surface area contributed by atoms with Crippen LogP contribution in [0.25, 0.3) is 10.1 Å². The van der Waals surface area contributed by atoms with Crippen LogP contribution in [0.4, 0.5) is 0 Å². The third kappa shape index (κ3) is 3.61. The van der Waals surface area contributed by atoms with Crippen LogP contribution in [0.15, 0.2) is 42.0 Å². The second-order valence-corrected chi connectivity index (χ2v) is 6.53. The topological polar surface area (TPSA) is 50.2 Å². The lowest BCUT2D eigenvalue weighted by Gasteiger charge is -2.22. The number of nitrogens with zero attached hydrogens (tertiary/aromatic N) is 3. The van der Waals surface area contributed by atoms with E-state index in [1.54, 1.807) is 34.2 Å². The van der Waals surface area contributed by atoms with Crippen molar-refractivity contribution in [3.8, 4) is 0 Å². The monoisotopic (exact) mass is 364 g/mol. The van der Waals surface area contributed by atoms with Crippen LogP contribution in [0.2, 0.25) is 0 Å². The highest BCUT2D eigenvalue weighted by Crippen LogP contribution is 2.27. The summed E-state index contributed by atoms with van der Waals surface area (Å²) >= 11 is 1.71. The Kier molecular flexibility index (Phi) is 5.99. The van der Waals surface area contributed by atoms with E-state index in [0.717, 1.165) is 5.56 Å². The van der Waals surface area contributed by atoms with Gasteiger partial charge in [-0.05, 0) is 29.4 Å². The maximum atomic E-state index is 12.8. The van der Waals surface area contributed by atoms with Crippen LogP contribution >= 0.6 is 23.7 Å². The van der Waals surface area contributed by atoms with Crippen molar-refractivity contribution in [3.05, 3.63) is 53.2 Å². The predicted molar refractivity (Wildman–Crippen MR) is 101 cm³/mol. The molecule has 0 bridgehead atoms. The van der Waals surface area contributed by atoms with E-state index in [2.05, 4.69) is 27.9 Å². The molecule has 2 heterocycles. The first-order valence-electron chi connectivity index (χ1n) is 7.46. The van der Waals surface area contributed by atoms with E-state index in [1.165, 1.54) is 15.6 Å². The highest BCUT2D eigenvalue weighted by molar-refractivity contribution is 7.17. The molecule has 1 atom stereocenters. The number of halogens is 1. The van der Waals surface area contributed by atoms with Gasteiger partial charge in [0.25, 0.3) is 0 Å².